The molecule has 1 aliphatic heterocycles. The molecule has 1 atom stereocenters. The second kappa shape index (κ2) is 8.93. The van der Waals surface area contributed by atoms with Gasteiger partial charge in [-0.05, 0) is 48.4 Å². The van der Waals surface area contributed by atoms with E-state index in [0.29, 0.717) is 24.2 Å². The van der Waals surface area contributed by atoms with E-state index in [-0.39, 0.29) is 6.03 Å². The third-order valence-electron chi connectivity index (χ3n) is 5.35. The molecule has 162 valence electrons. The Morgan fingerprint density at radius 1 is 1.29 bits per heavy atom. The number of ether oxygens (including phenoxy) is 1. The lowest BCUT2D eigenvalue weighted by Crippen LogP contribution is -2.46. The van der Waals surface area contributed by atoms with Crippen molar-refractivity contribution in [3.8, 4) is 16.5 Å². The first-order chi connectivity index (χ1) is 15.0. The highest BCUT2D eigenvalue weighted by molar-refractivity contribution is 7.13. The maximum absolute atomic E-state index is 13.0. The van der Waals surface area contributed by atoms with E-state index in [1.807, 2.05) is 48.7 Å². The van der Waals surface area contributed by atoms with Crippen LogP contribution in [0.1, 0.15) is 44.7 Å². The standard InChI is InChI=1S/C23H26N4O3S/c1-14(2)10-11-27-15(3)19(22-25-21(26-30-22)18-9-6-12-31-18)20(24-23(27)28)16-7-5-8-17(13-16)29-4/h5-9,12-14,20H,10-11H2,1-4H3,(H,24,28). The third-order valence-corrected chi connectivity index (χ3v) is 6.22. The number of hydrogen-bond acceptors (Lipinski definition) is 6. The lowest BCUT2D eigenvalue weighted by Gasteiger charge is -2.35. The predicted molar refractivity (Wildman–Crippen MR) is 121 cm³/mol. The van der Waals surface area contributed by atoms with Gasteiger partial charge >= 0.3 is 6.03 Å². The third kappa shape index (κ3) is 4.34. The van der Waals surface area contributed by atoms with Crippen molar-refractivity contribution in [2.45, 2.75) is 33.2 Å². The molecule has 0 bridgehead atoms. The molecule has 0 aliphatic carbocycles. The van der Waals surface area contributed by atoms with Crippen LogP contribution < -0.4 is 10.1 Å². The number of hydrogen-bond donors (Lipinski definition) is 1. The zero-order valence-corrected chi connectivity index (χ0v) is 18.9. The molecule has 7 nitrogen and oxygen atoms in total. The number of carbonyl (C=O) groups excluding carboxylic acids is 1. The fraction of sp³-hybridized carbons (Fsp3) is 0.348. The highest BCUT2D eigenvalue weighted by Gasteiger charge is 2.35. The molecular weight excluding hydrogens is 412 g/mol. The average molecular weight is 439 g/mol. The Labute approximate surface area is 185 Å². The van der Waals surface area contributed by atoms with E-state index in [0.717, 1.165) is 33.9 Å². The zero-order chi connectivity index (χ0) is 22.0. The Kier molecular flexibility index (Phi) is 6.08. The minimum absolute atomic E-state index is 0.132. The molecule has 3 heterocycles. The largest absolute Gasteiger partial charge is 0.497 e. The summed E-state index contributed by atoms with van der Waals surface area (Å²) in [5.74, 6) is 2.15. The summed E-state index contributed by atoms with van der Waals surface area (Å²) in [4.78, 5) is 20.4. The van der Waals surface area contributed by atoms with Gasteiger partial charge in [-0.15, -0.1) is 11.3 Å². The highest BCUT2D eigenvalue weighted by atomic mass is 32.1. The van der Waals surface area contributed by atoms with Crippen LogP contribution in [0, 0.1) is 5.92 Å². The van der Waals surface area contributed by atoms with Gasteiger partial charge in [-0.2, -0.15) is 4.98 Å². The minimum Gasteiger partial charge on any atom is -0.497 e. The number of nitrogens with zero attached hydrogens (tertiary/aromatic N) is 3. The first kappa shape index (κ1) is 21.1. The molecule has 0 radical (unpaired) electrons. The molecule has 2 aromatic heterocycles. The quantitative estimate of drug-likeness (QED) is 0.538. The molecule has 0 spiro atoms. The van der Waals surface area contributed by atoms with Crippen molar-refractivity contribution in [3.63, 3.8) is 0 Å². The second-order valence-electron chi connectivity index (χ2n) is 7.89. The van der Waals surface area contributed by atoms with Crippen molar-refractivity contribution in [2.24, 2.45) is 5.92 Å². The number of amides is 2. The Balaban J connectivity index is 1.79. The second-order valence-corrected chi connectivity index (χ2v) is 8.84. The summed E-state index contributed by atoms with van der Waals surface area (Å²) in [6, 6.07) is 11.0. The van der Waals surface area contributed by atoms with E-state index in [4.69, 9.17) is 9.26 Å². The molecule has 31 heavy (non-hydrogen) atoms. The lowest BCUT2D eigenvalue weighted by atomic mass is 9.94. The number of allylic oxidation sites excluding steroid dienone is 1. The highest BCUT2D eigenvalue weighted by Crippen LogP contribution is 2.38. The number of benzene rings is 1. The number of methoxy groups -OCH3 is 1. The molecule has 1 N–H and O–H groups in total. The van der Waals surface area contributed by atoms with Crippen LogP contribution >= 0.6 is 11.3 Å². The maximum Gasteiger partial charge on any atom is 0.322 e. The fourth-order valence-corrected chi connectivity index (χ4v) is 4.27. The maximum atomic E-state index is 13.0. The van der Waals surface area contributed by atoms with Gasteiger partial charge in [0.1, 0.15) is 5.75 Å². The van der Waals surface area contributed by atoms with Crippen molar-refractivity contribution >= 4 is 22.9 Å². The van der Waals surface area contributed by atoms with Crippen LogP contribution in [0.2, 0.25) is 0 Å². The molecule has 4 rings (SSSR count). The van der Waals surface area contributed by atoms with E-state index < -0.39 is 6.04 Å². The normalized spacial score (nSPS) is 16.7. The number of urea groups is 1. The van der Waals surface area contributed by atoms with Crippen molar-refractivity contribution < 1.29 is 14.1 Å². The number of carbonyl (C=O) groups is 1. The van der Waals surface area contributed by atoms with Crippen molar-refractivity contribution in [2.75, 3.05) is 13.7 Å². The number of nitrogens with one attached hydrogen (secondary N) is 1. The van der Waals surface area contributed by atoms with Crippen molar-refractivity contribution in [1.82, 2.24) is 20.4 Å². The summed E-state index contributed by atoms with van der Waals surface area (Å²) >= 11 is 1.55. The SMILES string of the molecule is COc1cccc(C2NC(=O)N(CCC(C)C)C(C)=C2c2nc(-c3cccs3)no2)c1. The Morgan fingerprint density at radius 2 is 2.13 bits per heavy atom. The lowest BCUT2D eigenvalue weighted by molar-refractivity contribution is 0.202. The van der Waals surface area contributed by atoms with Crippen LogP contribution in [0.25, 0.3) is 16.3 Å². The van der Waals surface area contributed by atoms with E-state index in [9.17, 15) is 4.79 Å². The topological polar surface area (TPSA) is 80.5 Å². The van der Waals surface area contributed by atoms with Gasteiger partial charge in [-0.25, -0.2) is 4.79 Å². The van der Waals surface area contributed by atoms with Crippen LogP contribution in [0.15, 0.2) is 52.0 Å². The van der Waals surface area contributed by atoms with Crippen molar-refractivity contribution in [3.05, 3.63) is 58.9 Å². The van der Waals surface area contributed by atoms with Gasteiger partial charge in [0.05, 0.1) is 23.6 Å². The summed E-state index contributed by atoms with van der Waals surface area (Å²) in [6.45, 7) is 6.85. The molecule has 0 saturated heterocycles. The van der Waals surface area contributed by atoms with E-state index in [2.05, 4.69) is 29.3 Å². The van der Waals surface area contributed by atoms with Crippen LogP contribution in [-0.4, -0.2) is 34.7 Å². The predicted octanol–water partition coefficient (Wildman–Crippen LogP) is 5.35. The molecule has 1 aromatic carbocycles. The fourth-order valence-electron chi connectivity index (χ4n) is 3.62. The summed E-state index contributed by atoms with van der Waals surface area (Å²) in [5.41, 5.74) is 2.51. The molecule has 1 unspecified atom stereocenters. The molecule has 0 saturated carbocycles. The monoisotopic (exact) mass is 438 g/mol. The van der Waals surface area contributed by atoms with Crippen molar-refractivity contribution in [1.29, 1.82) is 0 Å². The Morgan fingerprint density at radius 3 is 2.84 bits per heavy atom. The zero-order valence-electron chi connectivity index (χ0n) is 18.1. The number of aromatic nitrogens is 2. The molecule has 1 aliphatic rings. The van der Waals surface area contributed by atoms with E-state index in [1.165, 1.54) is 0 Å². The first-order valence-corrected chi connectivity index (χ1v) is 11.2. The summed E-state index contributed by atoms with van der Waals surface area (Å²) < 4.78 is 11.1. The van der Waals surface area contributed by atoms with Gasteiger partial charge in [0, 0.05) is 12.2 Å². The van der Waals surface area contributed by atoms with E-state index >= 15 is 0 Å². The van der Waals surface area contributed by atoms with Gasteiger partial charge < -0.3 is 14.6 Å². The molecule has 3 aromatic rings. The van der Waals surface area contributed by atoms with Gasteiger partial charge in [-0.3, -0.25) is 4.90 Å². The average Bonchev–Trinajstić information content (AvgIpc) is 3.45. The Hall–Kier alpha value is -3.13. The number of rotatable bonds is 7. The molecule has 8 heteroatoms. The van der Waals surface area contributed by atoms with Gasteiger partial charge in [0.25, 0.3) is 5.89 Å². The molecule has 0 fully saturated rings. The van der Waals surface area contributed by atoms with Crippen LogP contribution in [-0.2, 0) is 0 Å². The number of thiophene rings is 1. The molecule has 2 amide bonds. The smallest absolute Gasteiger partial charge is 0.322 e. The minimum atomic E-state index is -0.422. The van der Waals surface area contributed by atoms with Crippen LogP contribution in [0.3, 0.4) is 0 Å². The van der Waals surface area contributed by atoms with Crippen LogP contribution in [0.4, 0.5) is 4.79 Å². The van der Waals surface area contributed by atoms with E-state index in [1.54, 1.807) is 23.3 Å². The van der Waals surface area contributed by atoms with Gasteiger partial charge in [0.15, 0.2) is 0 Å². The van der Waals surface area contributed by atoms with Crippen LogP contribution in [0.5, 0.6) is 5.75 Å². The van der Waals surface area contributed by atoms with Gasteiger partial charge in [0.2, 0.25) is 5.82 Å². The van der Waals surface area contributed by atoms with Gasteiger partial charge in [-0.1, -0.05) is 37.2 Å². The molecular formula is C23H26N4O3S. The summed E-state index contributed by atoms with van der Waals surface area (Å²) in [5, 5.41) is 9.29. The first-order valence-electron chi connectivity index (χ1n) is 10.3. The summed E-state index contributed by atoms with van der Waals surface area (Å²) in [6.07, 6.45) is 0.895. The summed E-state index contributed by atoms with van der Waals surface area (Å²) in [7, 11) is 1.62. The Bertz CT molecular complexity index is 1090.